The fourth-order valence-corrected chi connectivity index (χ4v) is 2.74. The number of nitrogens with zero attached hydrogens (tertiary/aromatic N) is 3. The zero-order chi connectivity index (χ0) is 17.1. The number of benzene rings is 1. The fraction of sp³-hybridized carbons (Fsp3) is 0.150. The van der Waals surface area contributed by atoms with Crippen molar-refractivity contribution in [2.24, 2.45) is 4.99 Å². The van der Waals surface area contributed by atoms with Crippen LogP contribution in [0.25, 0.3) is 0 Å². The molecule has 1 aliphatic rings. The van der Waals surface area contributed by atoms with Crippen molar-refractivity contribution in [3.8, 4) is 11.5 Å². The lowest BCUT2D eigenvalue weighted by Crippen LogP contribution is -2.00. The third-order valence-electron chi connectivity index (χ3n) is 4.10. The topological polar surface area (TPSA) is 56.6 Å². The van der Waals surface area contributed by atoms with E-state index in [0.29, 0.717) is 6.61 Å². The molecular formula is C20H17N3O2. The first-order valence-corrected chi connectivity index (χ1v) is 8.04. The normalized spacial score (nSPS) is 12.4. The van der Waals surface area contributed by atoms with E-state index < -0.39 is 0 Å². The average molecular weight is 331 g/mol. The highest BCUT2D eigenvalue weighted by Crippen LogP contribution is 2.32. The smallest absolute Gasteiger partial charge is 0.137 e. The van der Waals surface area contributed by atoms with Crippen molar-refractivity contribution in [1.82, 2.24) is 9.97 Å². The first-order chi connectivity index (χ1) is 12.3. The quantitative estimate of drug-likeness (QED) is 0.714. The second-order valence-electron chi connectivity index (χ2n) is 5.74. The van der Waals surface area contributed by atoms with Crippen LogP contribution in [0.4, 0.5) is 5.69 Å². The Morgan fingerprint density at radius 1 is 1.00 bits per heavy atom. The van der Waals surface area contributed by atoms with Crippen LogP contribution >= 0.6 is 0 Å². The lowest BCUT2D eigenvalue weighted by molar-refractivity contribution is 0.301. The summed E-state index contributed by atoms with van der Waals surface area (Å²) in [6.07, 6.45) is 6.10. The second-order valence-corrected chi connectivity index (χ2v) is 5.74. The molecule has 124 valence electrons. The molecule has 5 heteroatoms. The van der Waals surface area contributed by atoms with Gasteiger partial charge in [-0.2, -0.15) is 0 Å². The lowest BCUT2D eigenvalue weighted by Gasteiger charge is -2.07. The van der Waals surface area contributed by atoms with Crippen molar-refractivity contribution in [3.63, 3.8) is 0 Å². The number of rotatable bonds is 5. The molecule has 3 aromatic rings. The van der Waals surface area contributed by atoms with Crippen molar-refractivity contribution in [2.75, 3.05) is 7.11 Å². The van der Waals surface area contributed by atoms with Gasteiger partial charge < -0.3 is 9.47 Å². The average Bonchev–Trinajstić information content (AvgIpc) is 3.11. The highest BCUT2D eigenvalue weighted by atomic mass is 16.5. The number of aliphatic imine (C=N–C) groups is 1. The highest BCUT2D eigenvalue weighted by molar-refractivity contribution is 6.06. The van der Waals surface area contributed by atoms with Crippen molar-refractivity contribution in [1.29, 1.82) is 0 Å². The van der Waals surface area contributed by atoms with Crippen LogP contribution in [0.1, 0.15) is 16.8 Å². The molecule has 0 spiro atoms. The summed E-state index contributed by atoms with van der Waals surface area (Å²) in [7, 11) is 1.62. The van der Waals surface area contributed by atoms with Crippen LogP contribution in [0, 0.1) is 0 Å². The SMILES string of the molecule is COc1ccc(COc2ccc3c(c2)N=C(c2ccncc2)C3)nc1. The summed E-state index contributed by atoms with van der Waals surface area (Å²) < 4.78 is 11.0. The Morgan fingerprint density at radius 3 is 2.60 bits per heavy atom. The molecule has 2 aromatic heterocycles. The third-order valence-corrected chi connectivity index (χ3v) is 4.10. The number of aromatic nitrogens is 2. The van der Waals surface area contributed by atoms with E-state index in [1.54, 1.807) is 25.7 Å². The van der Waals surface area contributed by atoms with Gasteiger partial charge in [0.05, 0.1) is 30.4 Å². The number of methoxy groups -OCH3 is 1. The van der Waals surface area contributed by atoms with Gasteiger partial charge in [0.2, 0.25) is 0 Å². The molecule has 1 aromatic carbocycles. The molecule has 1 aliphatic heterocycles. The first kappa shape index (κ1) is 15.3. The van der Waals surface area contributed by atoms with Crippen molar-refractivity contribution in [2.45, 2.75) is 13.0 Å². The van der Waals surface area contributed by atoms with Gasteiger partial charge in [-0.25, -0.2) is 0 Å². The molecule has 0 unspecified atom stereocenters. The summed E-state index contributed by atoms with van der Waals surface area (Å²) in [4.78, 5) is 13.1. The van der Waals surface area contributed by atoms with E-state index in [4.69, 9.17) is 14.5 Å². The summed E-state index contributed by atoms with van der Waals surface area (Å²) >= 11 is 0. The van der Waals surface area contributed by atoms with Crippen LogP contribution in [0.5, 0.6) is 11.5 Å². The van der Waals surface area contributed by atoms with Crippen LogP contribution in [-0.2, 0) is 13.0 Å². The minimum atomic E-state index is 0.406. The molecule has 0 saturated carbocycles. The van der Waals surface area contributed by atoms with Gasteiger partial charge in [0.1, 0.15) is 18.1 Å². The van der Waals surface area contributed by atoms with E-state index in [2.05, 4.69) is 16.0 Å². The monoisotopic (exact) mass is 331 g/mol. The molecule has 25 heavy (non-hydrogen) atoms. The van der Waals surface area contributed by atoms with E-state index >= 15 is 0 Å². The second kappa shape index (κ2) is 6.73. The Hall–Kier alpha value is -3.21. The molecule has 0 radical (unpaired) electrons. The van der Waals surface area contributed by atoms with Crippen LogP contribution in [0.3, 0.4) is 0 Å². The first-order valence-electron chi connectivity index (χ1n) is 8.04. The Morgan fingerprint density at radius 2 is 1.84 bits per heavy atom. The van der Waals surface area contributed by atoms with Crippen molar-refractivity contribution in [3.05, 3.63) is 77.9 Å². The van der Waals surface area contributed by atoms with Crippen LogP contribution in [0.15, 0.2) is 66.0 Å². The molecule has 4 rings (SSSR count). The Balaban J connectivity index is 1.47. The molecule has 5 nitrogen and oxygen atoms in total. The molecule has 3 heterocycles. The summed E-state index contributed by atoms with van der Waals surface area (Å²) in [5.74, 6) is 1.52. The summed E-state index contributed by atoms with van der Waals surface area (Å²) in [6.45, 7) is 0.406. The molecule has 0 saturated heterocycles. The Labute approximate surface area is 146 Å². The fourth-order valence-electron chi connectivity index (χ4n) is 2.74. The molecular weight excluding hydrogens is 314 g/mol. The molecule has 0 bridgehead atoms. The van der Waals surface area contributed by atoms with Gasteiger partial charge in [-0.1, -0.05) is 6.07 Å². The number of pyridine rings is 2. The molecule has 0 amide bonds. The number of ether oxygens (including phenoxy) is 2. The summed E-state index contributed by atoms with van der Waals surface area (Å²) in [5.41, 5.74) is 5.19. The maximum Gasteiger partial charge on any atom is 0.137 e. The minimum Gasteiger partial charge on any atom is -0.495 e. The van der Waals surface area contributed by atoms with Crippen LogP contribution in [0.2, 0.25) is 0 Å². The van der Waals surface area contributed by atoms with E-state index in [9.17, 15) is 0 Å². The van der Waals surface area contributed by atoms with Gasteiger partial charge in [0, 0.05) is 24.9 Å². The van der Waals surface area contributed by atoms with E-state index in [1.165, 1.54) is 5.56 Å². The zero-order valence-electron chi connectivity index (χ0n) is 13.8. The van der Waals surface area contributed by atoms with Crippen molar-refractivity contribution < 1.29 is 9.47 Å². The van der Waals surface area contributed by atoms with Gasteiger partial charge in [-0.3, -0.25) is 15.0 Å². The maximum atomic E-state index is 5.85. The van der Waals surface area contributed by atoms with Gasteiger partial charge in [-0.05, 0) is 41.5 Å². The predicted octanol–water partition coefficient (Wildman–Crippen LogP) is 3.74. The van der Waals surface area contributed by atoms with Gasteiger partial charge in [-0.15, -0.1) is 0 Å². The zero-order valence-corrected chi connectivity index (χ0v) is 13.8. The van der Waals surface area contributed by atoms with Crippen LogP contribution < -0.4 is 9.47 Å². The number of hydrogen-bond acceptors (Lipinski definition) is 5. The highest BCUT2D eigenvalue weighted by Gasteiger charge is 2.16. The number of hydrogen-bond donors (Lipinski definition) is 0. The van der Waals surface area contributed by atoms with Gasteiger partial charge in [0.15, 0.2) is 0 Å². The summed E-state index contributed by atoms with van der Waals surface area (Å²) in [5, 5.41) is 0. The number of fused-ring (bicyclic) bond motifs is 1. The van der Waals surface area contributed by atoms with Gasteiger partial charge in [0.25, 0.3) is 0 Å². The Bertz CT molecular complexity index is 906. The van der Waals surface area contributed by atoms with Gasteiger partial charge >= 0.3 is 0 Å². The molecule has 0 aliphatic carbocycles. The van der Waals surface area contributed by atoms with E-state index in [-0.39, 0.29) is 0 Å². The third kappa shape index (κ3) is 3.35. The molecule has 0 atom stereocenters. The Kier molecular flexibility index (Phi) is 4.12. The minimum absolute atomic E-state index is 0.406. The van der Waals surface area contributed by atoms with E-state index in [1.807, 2.05) is 36.4 Å². The van der Waals surface area contributed by atoms with E-state index in [0.717, 1.165) is 40.6 Å². The largest absolute Gasteiger partial charge is 0.495 e. The van der Waals surface area contributed by atoms with Crippen LogP contribution in [-0.4, -0.2) is 22.8 Å². The molecule has 0 fully saturated rings. The van der Waals surface area contributed by atoms with Crippen molar-refractivity contribution >= 4 is 11.4 Å². The molecule has 0 N–H and O–H groups in total. The summed E-state index contributed by atoms with van der Waals surface area (Å²) in [6, 6.07) is 13.8. The lowest BCUT2D eigenvalue weighted by atomic mass is 10.1. The predicted molar refractivity (Wildman–Crippen MR) is 95.7 cm³/mol. The maximum absolute atomic E-state index is 5.85. The standard InChI is InChI=1S/C20H17N3O2/c1-24-18-5-3-16(22-12-18)13-25-17-4-2-15-10-19(23-20(15)11-17)14-6-8-21-9-7-14/h2-9,11-12H,10,13H2,1H3.